The average molecular weight is 345 g/mol. The molecule has 5 nitrogen and oxygen atoms in total. The predicted molar refractivity (Wildman–Crippen MR) is 87.2 cm³/mol. The first-order valence-corrected chi connectivity index (χ1v) is 7.75. The molecule has 1 atom stereocenters. The highest BCUT2D eigenvalue weighted by Crippen LogP contribution is 2.20. The molecule has 3 aromatic rings. The highest BCUT2D eigenvalue weighted by atomic mass is 19.1. The third-order valence-electron chi connectivity index (χ3n) is 3.84. The van der Waals surface area contributed by atoms with Crippen LogP contribution >= 0.6 is 0 Å². The van der Waals surface area contributed by atoms with Crippen molar-refractivity contribution in [3.05, 3.63) is 77.0 Å². The van der Waals surface area contributed by atoms with Gasteiger partial charge in [-0.2, -0.15) is 5.10 Å². The monoisotopic (exact) mass is 345 g/mol. The maximum atomic E-state index is 13.8. The van der Waals surface area contributed by atoms with Crippen LogP contribution in [-0.2, 0) is 0 Å². The molecule has 1 aromatic carbocycles. The molecule has 0 aliphatic rings. The summed E-state index contributed by atoms with van der Waals surface area (Å²) >= 11 is 0. The molecule has 25 heavy (non-hydrogen) atoms. The van der Waals surface area contributed by atoms with Gasteiger partial charge < -0.3 is 9.73 Å². The third kappa shape index (κ3) is 3.60. The van der Waals surface area contributed by atoms with E-state index in [1.807, 2.05) is 19.9 Å². The number of carbonyl (C=O) groups is 1. The van der Waals surface area contributed by atoms with Gasteiger partial charge in [-0.25, -0.2) is 8.78 Å². The SMILES string of the molecule is Cc1cc(C)n(C(CNC(=O)c2ccc(F)cc2F)c2ccco2)n1. The summed E-state index contributed by atoms with van der Waals surface area (Å²) in [5.74, 6) is -1.65. The van der Waals surface area contributed by atoms with E-state index in [2.05, 4.69) is 10.4 Å². The van der Waals surface area contributed by atoms with Crippen LogP contribution in [0, 0.1) is 25.5 Å². The van der Waals surface area contributed by atoms with Gasteiger partial charge in [-0.3, -0.25) is 9.48 Å². The second-order valence-corrected chi connectivity index (χ2v) is 5.74. The van der Waals surface area contributed by atoms with Crippen LogP contribution < -0.4 is 5.32 Å². The van der Waals surface area contributed by atoms with Crippen molar-refractivity contribution in [1.82, 2.24) is 15.1 Å². The summed E-state index contributed by atoms with van der Waals surface area (Å²) in [7, 11) is 0. The lowest BCUT2D eigenvalue weighted by atomic mass is 10.1. The van der Waals surface area contributed by atoms with Gasteiger partial charge in [0.05, 0.1) is 17.5 Å². The Morgan fingerprint density at radius 2 is 2.08 bits per heavy atom. The number of nitrogens with one attached hydrogen (secondary N) is 1. The minimum Gasteiger partial charge on any atom is -0.467 e. The lowest BCUT2D eigenvalue weighted by Gasteiger charge is -2.18. The van der Waals surface area contributed by atoms with Crippen LogP contribution in [0.15, 0.2) is 47.1 Å². The van der Waals surface area contributed by atoms with Crippen LogP contribution in [0.25, 0.3) is 0 Å². The van der Waals surface area contributed by atoms with E-state index in [1.165, 1.54) is 6.26 Å². The van der Waals surface area contributed by atoms with Gasteiger partial charge in [0.15, 0.2) is 0 Å². The van der Waals surface area contributed by atoms with E-state index in [4.69, 9.17) is 4.42 Å². The van der Waals surface area contributed by atoms with Gasteiger partial charge in [0, 0.05) is 18.3 Å². The smallest absolute Gasteiger partial charge is 0.254 e. The summed E-state index contributed by atoms with van der Waals surface area (Å²) in [6, 6.07) is 7.91. The molecular weight excluding hydrogens is 328 g/mol. The molecule has 0 spiro atoms. The van der Waals surface area contributed by atoms with Crippen molar-refractivity contribution in [3.63, 3.8) is 0 Å². The van der Waals surface area contributed by atoms with Crippen LogP contribution in [0.3, 0.4) is 0 Å². The molecule has 2 aromatic heterocycles. The molecule has 0 bridgehead atoms. The van der Waals surface area contributed by atoms with Crippen LogP contribution in [-0.4, -0.2) is 22.2 Å². The summed E-state index contributed by atoms with van der Waals surface area (Å²) in [6.45, 7) is 3.91. The fourth-order valence-corrected chi connectivity index (χ4v) is 2.71. The second kappa shape index (κ2) is 6.88. The van der Waals surface area contributed by atoms with Crippen LogP contribution in [0.5, 0.6) is 0 Å². The van der Waals surface area contributed by atoms with Gasteiger partial charge >= 0.3 is 0 Å². The van der Waals surface area contributed by atoms with E-state index in [-0.39, 0.29) is 18.2 Å². The molecule has 0 radical (unpaired) electrons. The van der Waals surface area contributed by atoms with E-state index in [1.54, 1.807) is 16.8 Å². The average Bonchev–Trinajstić information content (AvgIpc) is 3.18. The number of nitrogens with zero attached hydrogens (tertiary/aromatic N) is 2. The summed E-state index contributed by atoms with van der Waals surface area (Å²) in [5.41, 5.74) is 1.53. The first-order chi connectivity index (χ1) is 12.0. The van der Waals surface area contributed by atoms with Gasteiger partial charge in [-0.15, -0.1) is 0 Å². The Morgan fingerprint density at radius 3 is 2.68 bits per heavy atom. The molecule has 0 saturated heterocycles. The number of amides is 1. The normalized spacial score (nSPS) is 12.2. The maximum absolute atomic E-state index is 13.8. The molecule has 130 valence electrons. The lowest BCUT2D eigenvalue weighted by molar-refractivity contribution is 0.0944. The number of aryl methyl sites for hydroxylation is 2. The number of hydrogen-bond acceptors (Lipinski definition) is 3. The van der Waals surface area contributed by atoms with Gasteiger partial charge in [-0.1, -0.05) is 0 Å². The Labute approximate surface area is 143 Å². The van der Waals surface area contributed by atoms with Crippen molar-refractivity contribution in [2.75, 3.05) is 6.54 Å². The molecule has 0 aliphatic carbocycles. The Morgan fingerprint density at radius 1 is 1.28 bits per heavy atom. The molecule has 2 heterocycles. The highest BCUT2D eigenvalue weighted by molar-refractivity contribution is 5.94. The molecule has 0 fully saturated rings. The zero-order valence-electron chi connectivity index (χ0n) is 13.8. The van der Waals surface area contributed by atoms with Gasteiger partial charge in [0.2, 0.25) is 0 Å². The van der Waals surface area contributed by atoms with E-state index in [0.29, 0.717) is 11.8 Å². The molecule has 3 rings (SSSR count). The number of furan rings is 1. The van der Waals surface area contributed by atoms with E-state index in [9.17, 15) is 13.6 Å². The van der Waals surface area contributed by atoms with Crippen LogP contribution in [0.1, 0.15) is 33.5 Å². The topological polar surface area (TPSA) is 60.1 Å². The fourth-order valence-electron chi connectivity index (χ4n) is 2.71. The first-order valence-electron chi connectivity index (χ1n) is 7.75. The summed E-state index contributed by atoms with van der Waals surface area (Å²) < 4.78 is 33.9. The molecule has 0 aliphatic heterocycles. The number of rotatable bonds is 5. The summed E-state index contributed by atoms with van der Waals surface area (Å²) in [5, 5.41) is 7.09. The molecular formula is C18H17F2N3O2. The minimum atomic E-state index is -0.904. The maximum Gasteiger partial charge on any atom is 0.254 e. The number of hydrogen-bond donors (Lipinski definition) is 1. The summed E-state index contributed by atoms with van der Waals surface area (Å²) in [6.07, 6.45) is 1.54. The lowest BCUT2D eigenvalue weighted by Crippen LogP contribution is -2.32. The van der Waals surface area contributed by atoms with Gasteiger partial charge in [0.1, 0.15) is 23.4 Å². The molecule has 1 N–H and O–H groups in total. The Kier molecular flexibility index (Phi) is 4.65. The zero-order chi connectivity index (χ0) is 18.0. The Balaban J connectivity index is 1.82. The largest absolute Gasteiger partial charge is 0.467 e. The first kappa shape index (κ1) is 16.9. The zero-order valence-corrected chi connectivity index (χ0v) is 13.8. The quantitative estimate of drug-likeness (QED) is 0.771. The van der Waals surface area contributed by atoms with Crippen LogP contribution in [0.2, 0.25) is 0 Å². The third-order valence-corrected chi connectivity index (χ3v) is 3.84. The minimum absolute atomic E-state index is 0.144. The molecule has 7 heteroatoms. The fraction of sp³-hybridized carbons (Fsp3) is 0.222. The van der Waals surface area contributed by atoms with Crippen molar-refractivity contribution in [2.45, 2.75) is 19.9 Å². The summed E-state index contributed by atoms with van der Waals surface area (Å²) in [4.78, 5) is 12.2. The van der Waals surface area contributed by atoms with Crippen molar-refractivity contribution >= 4 is 5.91 Å². The van der Waals surface area contributed by atoms with Crippen molar-refractivity contribution < 1.29 is 18.0 Å². The molecule has 1 unspecified atom stereocenters. The van der Waals surface area contributed by atoms with Gasteiger partial charge in [0.25, 0.3) is 5.91 Å². The van der Waals surface area contributed by atoms with Crippen LogP contribution in [0.4, 0.5) is 8.78 Å². The number of halogens is 2. The standard InChI is InChI=1S/C18H17F2N3O2/c1-11-8-12(2)23(22-11)16(17-4-3-7-25-17)10-21-18(24)14-6-5-13(19)9-15(14)20/h3-9,16H,10H2,1-2H3,(H,21,24). The second-order valence-electron chi connectivity index (χ2n) is 5.74. The van der Waals surface area contributed by atoms with E-state index in [0.717, 1.165) is 23.5 Å². The number of carbonyl (C=O) groups excluding carboxylic acids is 1. The molecule has 0 saturated carbocycles. The predicted octanol–water partition coefficient (Wildman–Crippen LogP) is 3.39. The van der Waals surface area contributed by atoms with Crippen molar-refractivity contribution in [1.29, 1.82) is 0 Å². The van der Waals surface area contributed by atoms with Gasteiger partial charge in [-0.05, 0) is 44.2 Å². The number of aromatic nitrogens is 2. The Hall–Kier alpha value is -2.96. The Bertz CT molecular complexity index is 888. The number of benzene rings is 1. The van der Waals surface area contributed by atoms with Crippen molar-refractivity contribution in [3.8, 4) is 0 Å². The van der Waals surface area contributed by atoms with E-state index >= 15 is 0 Å². The highest BCUT2D eigenvalue weighted by Gasteiger charge is 2.21. The van der Waals surface area contributed by atoms with Crippen molar-refractivity contribution in [2.24, 2.45) is 0 Å². The molecule has 1 amide bonds. The van der Waals surface area contributed by atoms with E-state index < -0.39 is 17.5 Å².